The first-order chi connectivity index (χ1) is 16.8. The predicted molar refractivity (Wildman–Crippen MR) is 136 cm³/mol. The second-order valence-electron chi connectivity index (χ2n) is 9.81. The lowest BCUT2D eigenvalue weighted by atomic mass is 10.0. The Labute approximate surface area is 207 Å². The first kappa shape index (κ1) is 24.9. The van der Waals surface area contributed by atoms with Gasteiger partial charge in [-0.1, -0.05) is 32.0 Å². The maximum atomic E-state index is 14.1. The van der Waals surface area contributed by atoms with Gasteiger partial charge in [-0.05, 0) is 68.5 Å². The van der Waals surface area contributed by atoms with Crippen molar-refractivity contribution in [3.05, 3.63) is 78.1 Å². The number of ether oxygens (including phenoxy) is 1. The largest absolute Gasteiger partial charge is 0.491 e. The summed E-state index contributed by atoms with van der Waals surface area (Å²) in [4.78, 5) is 22.1. The van der Waals surface area contributed by atoms with Gasteiger partial charge in [0.2, 0.25) is 0 Å². The summed E-state index contributed by atoms with van der Waals surface area (Å²) in [6.07, 6.45) is 5.08. The van der Waals surface area contributed by atoms with Crippen molar-refractivity contribution >= 4 is 11.7 Å². The number of rotatable bonds is 7. The Kier molecular flexibility index (Phi) is 7.86. The van der Waals surface area contributed by atoms with Gasteiger partial charge in [0.1, 0.15) is 17.9 Å². The van der Waals surface area contributed by atoms with Crippen LogP contribution < -0.4 is 9.64 Å². The number of carbonyl (C=O) groups is 1. The zero-order valence-electron chi connectivity index (χ0n) is 21.0. The number of piperidine rings is 1. The lowest BCUT2D eigenvalue weighted by molar-refractivity contribution is 0.197. The van der Waals surface area contributed by atoms with Crippen LogP contribution in [0.1, 0.15) is 57.7 Å². The van der Waals surface area contributed by atoms with Crippen molar-refractivity contribution in [2.45, 2.75) is 65.1 Å². The highest BCUT2D eigenvalue weighted by Crippen LogP contribution is 2.27. The maximum Gasteiger partial charge on any atom is 0.334 e. The van der Waals surface area contributed by atoms with Crippen molar-refractivity contribution < 1.29 is 13.9 Å². The number of aromatic nitrogens is 2. The third-order valence-electron chi connectivity index (χ3n) is 6.31. The molecule has 0 radical (unpaired) electrons. The van der Waals surface area contributed by atoms with E-state index in [0.717, 1.165) is 43.9 Å². The molecule has 0 unspecified atom stereocenters. The molecule has 1 saturated heterocycles. The van der Waals surface area contributed by atoms with Gasteiger partial charge in [-0.3, -0.25) is 14.4 Å². The third kappa shape index (κ3) is 6.28. The van der Waals surface area contributed by atoms with Gasteiger partial charge < -0.3 is 4.74 Å². The van der Waals surface area contributed by atoms with Crippen molar-refractivity contribution in [3.8, 4) is 5.75 Å². The van der Waals surface area contributed by atoms with Crippen molar-refractivity contribution in [3.63, 3.8) is 0 Å². The first-order valence-corrected chi connectivity index (χ1v) is 12.4. The van der Waals surface area contributed by atoms with Crippen molar-refractivity contribution in [2.75, 3.05) is 18.0 Å². The molecule has 0 saturated carbocycles. The van der Waals surface area contributed by atoms with Gasteiger partial charge in [0.05, 0.1) is 11.8 Å². The summed E-state index contributed by atoms with van der Waals surface area (Å²) in [5.74, 6) is 0.755. The molecule has 0 N–H and O–H groups in total. The van der Waals surface area contributed by atoms with E-state index in [4.69, 9.17) is 4.74 Å². The molecule has 2 aromatic carbocycles. The minimum atomic E-state index is -0.352. The highest BCUT2D eigenvalue weighted by molar-refractivity contribution is 5.94. The number of halogens is 1. The summed E-state index contributed by atoms with van der Waals surface area (Å²) in [6.45, 7) is 10.7. The quantitative estimate of drug-likeness (QED) is 0.413. The molecule has 1 aromatic heterocycles. The Morgan fingerprint density at radius 3 is 2.51 bits per heavy atom. The standard InChI is InChI=1S/C28H35FN4O2/c1-20(2)27-18-32(19-30-27)28(34)33(25-9-6-8-23(29)16-25)24-11-13-31(14-12-24)17-22-7-5-10-26(15-22)35-21(3)4/h5-10,15-16,18-21,24H,11-14,17H2,1-4H3. The molecule has 0 atom stereocenters. The fourth-order valence-electron chi connectivity index (χ4n) is 4.55. The molecule has 1 aliphatic rings. The summed E-state index contributed by atoms with van der Waals surface area (Å²) < 4.78 is 21.5. The smallest absolute Gasteiger partial charge is 0.334 e. The van der Waals surface area contributed by atoms with Gasteiger partial charge in [0, 0.05) is 37.6 Å². The zero-order chi connectivity index (χ0) is 24.9. The highest BCUT2D eigenvalue weighted by Gasteiger charge is 2.30. The molecule has 0 spiro atoms. The van der Waals surface area contributed by atoms with Crippen molar-refractivity contribution in [1.82, 2.24) is 14.5 Å². The number of hydrogen-bond donors (Lipinski definition) is 0. The van der Waals surface area contributed by atoms with Crippen LogP contribution in [0, 0.1) is 5.82 Å². The van der Waals surface area contributed by atoms with E-state index in [2.05, 4.69) is 22.0 Å². The molecule has 1 amide bonds. The van der Waals surface area contributed by atoms with Crippen LogP contribution in [-0.4, -0.2) is 45.7 Å². The maximum absolute atomic E-state index is 14.1. The number of amides is 1. The molecule has 7 heteroatoms. The van der Waals surface area contributed by atoms with E-state index >= 15 is 0 Å². The molecule has 3 aromatic rings. The minimum absolute atomic E-state index is 0.0268. The van der Waals surface area contributed by atoms with E-state index in [1.54, 1.807) is 29.6 Å². The zero-order valence-corrected chi connectivity index (χ0v) is 21.0. The lowest BCUT2D eigenvalue weighted by Gasteiger charge is -2.38. The first-order valence-electron chi connectivity index (χ1n) is 12.4. The minimum Gasteiger partial charge on any atom is -0.491 e. The Bertz CT molecular complexity index is 1140. The monoisotopic (exact) mass is 478 g/mol. The van der Waals surface area contributed by atoms with Gasteiger partial charge in [-0.2, -0.15) is 0 Å². The fraction of sp³-hybridized carbons (Fsp3) is 0.429. The Morgan fingerprint density at radius 2 is 1.86 bits per heavy atom. The SMILES string of the molecule is CC(C)Oc1cccc(CN2CCC(N(C(=O)n3cnc(C(C)C)c3)c3cccc(F)c3)CC2)c1. The van der Waals surface area contributed by atoms with Gasteiger partial charge in [0.15, 0.2) is 0 Å². The van der Waals surface area contributed by atoms with Crippen LogP contribution in [0.25, 0.3) is 0 Å². The number of hydrogen-bond acceptors (Lipinski definition) is 4. The van der Waals surface area contributed by atoms with E-state index < -0.39 is 0 Å². The average molecular weight is 479 g/mol. The molecule has 186 valence electrons. The molecular weight excluding hydrogens is 443 g/mol. The number of carbonyl (C=O) groups excluding carboxylic acids is 1. The number of likely N-dealkylation sites (tertiary alicyclic amines) is 1. The van der Waals surface area contributed by atoms with E-state index in [9.17, 15) is 9.18 Å². The molecule has 4 rings (SSSR count). The Hall–Kier alpha value is -3.19. The van der Waals surface area contributed by atoms with Crippen LogP contribution in [0.4, 0.5) is 14.9 Å². The number of nitrogens with zero attached hydrogens (tertiary/aromatic N) is 4. The van der Waals surface area contributed by atoms with Crippen LogP contribution in [0.5, 0.6) is 5.75 Å². The second-order valence-corrected chi connectivity index (χ2v) is 9.81. The molecule has 6 nitrogen and oxygen atoms in total. The topological polar surface area (TPSA) is 50.6 Å². The molecule has 2 heterocycles. The van der Waals surface area contributed by atoms with Gasteiger partial charge >= 0.3 is 6.03 Å². The summed E-state index contributed by atoms with van der Waals surface area (Å²) in [5.41, 5.74) is 2.64. The Morgan fingerprint density at radius 1 is 1.11 bits per heavy atom. The van der Waals surface area contributed by atoms with E-state index in [-0.39, 0.29) is 29.9 Å². The molecule has 1 aliphatic heterocycles. The number of benzene rings is 2. The lowest BCUT2D eigenvalue weighted by Crippen LogP contribution is -2.48. The predicted octanol–water partition coefficient (Wildman–Crippen LogP) is 6.07. The second kappa shape index (κ2) is 11.0. The molecule has 0 bridgehead atoms. The van der Waals surface area contributed by atoms with Crippen LogP contribution in [0.2, 0.25) is 0 Å². The van der Waals surface area contributed by atoms with Crippen LogP contribution in [0.15, 0.2) is 61.1 Å². The van der Waals surface area contributed by atoms with E-state index in [0.29, 0.717) is 5.69 Å². The molecular formula is C28H35FN4O2. The number of imidazole rings is 1. The molecule has 0 aliphatic carbocycles. The summed E-state index contributed by atoms with van der Waals surface area (Å²) in [5, 5.41) is 0. The highest BCUT2D eigenvalue weighted by atomic mass is 19.1. The normalized spacial score (nSPS) is 15.1. The fourth-order valence-corrected chi connectivity index (χ4v) is 4.55. The van der Waals surface area contributed by atoms with Gasteiger partial charge in [0.25, 0.3) is 0 Å². The van der Waals surface area contributed by atoms with Crippen LogP contribution in [-0.2, 0) is 6.54 Å². The average Bonchev–Trinajstić information content (AvgIpc) is 3.31. The summed E-state index contributed by atoms with van der Waals surface area (Å²) >= 11 is 0. The third-order valence-corrected chi connectivity index (χ3v) is 6.31. The molecule has 1 fully saturated rings. The van der Waals surface area contributed by atoms with Crippen LogP contribution >= 0.6 is 0 Å². The van der Waals surface area contributed by atoms with E-state index in [1.165, 1.54) is 22.3 Å². The van der Waals surface area contributed by atoms with Gasteiger partial charge in [-0.25, -0.2) is 14.2 Å². The Balaban J connectivity index is 1.48. The number of anilines is 1. The van der Waals surface area contributed by atoms with Crippen molar-refractivity contribution in [1.29, 1.82) is 0 Å². The van der Waals surface area contributed by atoms with E-state index in [1.807, 2.05) is 39.8 Å². The van der Waals surface area contributed by atoms with Crippen LogP contribution in [0.3, 0.4) is 0 Å². The van der Waals surface area contributed by atoms with Crippen molar-refractivity contribution in [2.24, 2.45) is 0 Å². The molecule has 35 heavy (non-hydrogen) atoms. The summed E-state index contributed by atoms with van der Waals surface area (Å²) in [7, 11) is 0. The summed E-state index contributed by atoms with van der Waals surface area (Å²) in [6, 6.07) is 14.3. The van der Waals surface area contributed by atoms with Gasteiger partial charge in [-0.15, -0.1) is 0 Å².